The van der Waals surface area contributed by atoms with Gasteiger partial charge in [0.2, 0.25) is 0 Å². The zero-order valence-electron chi connectivity index (χ0n) is 13.8. The second-order valence-electron chi connectivity index (χ2n) is 6.40. The molecule has 1 heterocycles. The SMILES string of the molecule is O=C(c1ccc(F)cc1)c1cccc2ccc3c4ccccc4[nH]c3c12. The Kier molecular flexibility index (Phi) is 3.16. The Bertz CT molecular complexity index is 1300. The number of carbonyl (C=O) groups excluding carboxylic acids is 1. The molecule has 0 radical (unpaired) electrons. The average Bonchev–Trinajstić information content (AvgIpc) is 3.06. The second-order valence-corrected chi connectivity index (χ2v) is 6.40. The lowest BCUT2D eigenvalue weighted by Gasteiger charge is -2.08. The first-order valence-electron chi connectivity index (χ1n) is 8.45. The van der Waals surface area contributed by atoms with Crippen LogP contribution in [0.2, 0.25) is 0 Å². The molecule has 26 heavy (non-hydrogen) atoms. The van der Waals surface area contributed by atoms with E-state index in [1.54, 1.807) is 0 Å². The van der Waals surface area contributed by atoms with Crippen molar-refractivity contribution in [1.82, 2.24) is 4.98 Å². The van der Waals surface area contributed by atoms with Gasteiger partial charge in [-0.1, -0.05) is 48.5 Å². The van der Waals surface area contributed by atoms with Crippen LogP contribution in [-0.2, 0) is 0 Å². The minimum absolute atomic E-state index is 0.109. The molecular formula is C23H14FNO. The van der Waals surface area contributed by atoms with Crippen LogP contribution in [0.15, 0.2) is 78.9 Å². The maximum absolute atomic E-state index is 13.2. The van der Waals surface area contributed by atoms with E-state index < -0.39 is 0 Å². The van der Waals surface area contributed by atoms with E-state index in [0.29, 0.717) is 11.1 Å². The van der Waals surface area contributed by atoms with Crippen molar-refractivity contribution >= 4 is 38.4 Å². The molecule has 0 spiro atoms. The van der Waals surface area contributed by atoms with Gasteiger partial charge in [-0.3, -0.25) is 4.79 Å². The van der Waals surface area contributed by atoms with Gasteiger partial charge in [0.1, 0.15) is 5.82 Å². The first-order valence-corrected chi connectivity index (χ1v) is 8.45. The van der Waals surface area contributed by atoms with Crippen molar-refractivity contribution in [3.63, 3.8) is 0 Å². The molecule has 5 aromatic rings. The Labute approximate surface area is 148 Å². The third-order valence-corrected chi connectivity index (χ3v) is 4.87. The van der Waals surface area contributed by atoms with Crippen molar-refractivity contribution in [1.29, 1.82) is 0 Å². The number of para-hydroxylation sites is 1. The van der Waals surface area contributed by atoms with E-state index >= 15 is 0 Å². The lowest BCUT2D eigenvalue weighted by molar-refractivity contribution is 0.104. The van der Waals surface area contributed by atoms with Crippen LogP contribution in [0.3, 0.4) is 0 Å². The summed E-state index contributed by atoms with van der Waals surface area (Å²) in [6.45, 7) is 0. The van der Waals surface area contributed by atoms with Gasteiger partial charge in [0.05, 0.1) is 5.52 Å². The fourth-order valence-corrected chi connectivity index (χ4v) is 3.64. The molecule has 0 fully saturated rings. The average molecular weight is 339 g/mol. The van der Waals surface area contributed by atoms with Gasteiger partial charge in [0, 0.05) is 32.8 Å². The standard InChI is InChI=1S/C23H14FNO/c24-16-11-8-15(9-12-16)23(26)19-6-3-4-14-10-13-18-17-5-1-2-7-20(17)25-22(18)21(14)19/h1-13,25H. The predicted octanol–water partition coefficient (Wildman–Crippen LogP) is 5.84. The monoisotopic (exact) mass is 339 g/mol. The Morgan fingerprint density at radius 3 is 2.42 bits per heavy atom. The summed E-state index contributed by atoms with van der Waals surface area (Å²) in [5.41, 5.74) is 3.09. The van der Waals surface area contributed by atoms with Crippen LogP contribution in [0.25, 0.3) is 32.6 Å². The van der Waals surface area contributed by atoms with Gasteiger partial charge in [-0.2, -0.15) is 0 Å². The number of aromatic nitrogens is 1. The van der Waals surface area contributed by atoms with Gasteiger partial charge >= 0.3 is 0 Å². The lowest BCUT2D eigenvalue weighted by Crippen LogP contribution is -2.02. The summed E-state index contributed by atoms with van der Waals surface area (Å²) in [6, 6.07) is 23.6. The molecule has 0 aliphatic rings. The van der Waals surface area contributed by atoms with Gasteiger partial charge in [0.15, 0.2) is 5.78 Å². The van der Waals surface area contributed by atoms with E-state index in [4.69, 9.17) is 0 Å². The molecule has 5 rings (SSSR count). The highest BCUT2D eigenvalue weighted by Gasteiger charge is 2.16. The molecule has 0 atom stereocenters. The number of aromatic amines is 1. The quantitative estimate of drug-likeness (QED) is 0.402. The van der Waals surface area contributed by atoms with E-state index in [1.807, 2.05) is 42.5 Å². The highest BCUT2D eigenvalue weighted by molar-refractivity contribution is 6.25. The molecule has 0 saturated carbocycles. The highest BCUT2D eigenvalue weighted by atomic mass is 19.1. The topological polar surface area (TPSA) is 32.9 Å². The van der Waals surface area contributed by atoms with Crippen molar-refractivity contribution < 1.29 is 9.18 Å². The van der Waals surface area contributed by atoms with Gasteiger partial charge < -0.3 is 4.98 Å². The van der Waals surface area contributed by atoms with Crippen LogP contribution in [0, 0.1) is 5.82 Å². The molecule has 0 saturated heterocycles. The molecule has 1 N–H and O–H groups in total. The molecule has 4 aromatic carbocycles. The molecule has 0 aliphatic carbocycles. The summed E-state index contributed by atoms with van der Waals surface area (Å²) in [6.07, 6.45) is 0. The summed E-state index contributed by atoms with van der Waals surface area (Å²) < 4.78 is 13.2. The fourth-order valence-electron chi connectivity index (χ4n) is 3.64. The van der Waals surface area contributed by atoms with Crippen LogP contribution in [-0.4, -0.2) is 10.8 Å². The minimum Gasteiger partial charge on any atom is -0.354 e. The molecule has 0 amide bonds. The first kappa shape index (κ1) is 14.8. The van der Waals surface area contributed by atoms with Crippen LogP contribution in [0.5, 0.6) is 0 Å². The predicted molar refractivity (Wildman–Crippen MR) is 103 cm³/mol. The van der Waals surface area contributed by atoms with Crippen molar-refractivity contribution in [3.05, 3.63) is 95.8 Å². The number of nitrogens with one attached hydrogen (secondary N) is 1. The summed E-state index contributed by atoms with van der Waals surface area (Å²) >= 11 is 0. The van der Waals surface area contributed by atoms with E-state index in [2.05, 4.69) is 17.1 Å². The molecule has 0 aliphatic heterocycles. The summed E-state index contributed by atoms with van der Waals surface area (Å²) in [4.78, 5) is 16.6. The van der Waals surface area contributed by atoms with Crippen LogP contribution in [0.1, 0.15) is 15.9 Å². The minimum atomic E-state index is -0.350. The molecule has 1 aromatic heterocycles. The highest BCUT2D eigenvalue weighted by Crippen LogP contribution is 2.33. The van der Waals surface area contributed by atoms with Gasteiger partial charge in [-0.05, 0) is 35.7 Å². The van der Waals surface area contributed by atoms with Gasteiger partial charge in [0.25, 0.3) is 0 Å². The number of ketones is 1. The molecule has 0 unspecified atom stereocenters. The fraction of sp³-hybridized carbons (Fsp3) is 0. The van der Waals surface area contributed by atoms with E-state index in [-0.39, 0.29) is 11.6 Å². The Balaban J connectivity index is 1.85. The van der Waals surface area contributed by atoms with Crippen molar-refractivity contribution in [2.24, 2.45) is 0 Å². The van der Waals surface area contributed by atoms with Gasteiger partial charge in [-0.25, -0.2) is 4.39 Å². The van der Waals surface area contributed by atoms with E-state index in [9.17, 15) is 9.18 Å². The summed E-state index contributed by atoms with van der Waals surface area (Å²) in [5, 5.41) is 4.12. The number of rotatable bonds is 2. The Morgan fingerprint density at radius 1 is 0.769 bits per heavy atom. The number of carbonyl (C=O) groups is 1. The zero-order valence-corrected chi connectivity index (χ0v) is 13.8. The zero-order chi connectivity index (χ0) is 17.7. The lowest BCUT2D eigenvalue weighted by atomic mass is 9.95. The van der Waals surface area contributed by atoms with Crippen LogP contribution < -0.4 is 0 Å². The van der Waals surface area contributed by atoms with Crippen molar-refractivity contribution in [2.75, 3.05) is 0 Å². The smallest absolute Gasteiger partial charge is 0.193 e. The first-order chi connectivity index (χ1) is 12.7. The molecule has 124 valence electrons. The maximum atomic E-state index is 13.2. The number of hydrogen-bond acceptors (Lipinski definition) is 1. The van der Waals surface area contributed by atoms with Crippen molar-refractivity contribution in [2.45, 2.75) is 0 Å². The second kappa shape index (κ2) is 5.53. The largest absolute Gasteiger partial charge is 0.354 e. The Hall–Kier alpha value is -3.46. The third kappa shape index (κ3) is 2.14. The maximum Gasteiger partial charge on any atom is 0.193 e. The number of H-pyrrole nitrogens is 1. The molecule has 2 nitrogen and oxygen atoms in total. The molecule has 3 heteroatoms. The van der Waals surface area contributed by atoms with E-state index in [0.717, 1.165) is 32.6 Å². The molecular weight excluding hydrogens is 325 g/mol. The Morgan fingerprint density at radius 2 is 1.58 bits per heavy atom. The number of fused-ring (bicyclic) bond motifs is 5. The molecule has 0 bridgehead atoms. The normalized spacial score (nSPS) is 11.4. The summed E-state index contributed by atoms with van der Waals surface area (Å²) in [7, 11) is 0. The van der Waals surface area contributed by atoms with Gasteiger partial charge in [-0.15, -0.1) is 0 Å². The van der Waals surface area contributed by atoms with Crippen LogP contribution >= 0.6 is 0 Å². The van der Waals surface area contributed by atoms with E-state index in [1.165, 1.54) is 24.3 Å². The number of halogens is 1. The third-order valence-electron chi connectivity index (χ3n) is 4.87. The van der Waals surface area contributed by atoms with Crippen molar-refractivity contribution in [3.8, 4) is 0 Å². The number of hydrogen-bond donors (Lipinski definition) is 1. The summed E-state index contributed by atoms with van der Waals surface area (Å²) in [5.74, 6) is -0.459. The van der Waals surface area contributed by atoms with Crippen LogP contribution in [0.4, 0.5) is 4.39 Å². The number of benzene rings is 4.